The number of rotatable bonds is 11. The average molecular weight is 727 g/mol. The normalized spacial score (nSPS) is 15.3. The Morgan fingerprint density at radius 3 is 2.18 bits per heavy atom. The van der Waals surface area contributed by atoms with Gasteiger partial charge < -0.3 is 23.7 Å². The van der Waals surface area contributed by atoms with Crippen LogP contribution in [-0.4, -0.2) is 29.1 Å². The summed E-state index contributed by atoms with van der Waals surface area (Å²) in [7, 11) is 3.36. The Balaban J connectivity index is 0.00000406. The summed E-state index contributed by atoms with van der Waals surface area (Å²) >= 11 is 0. The van der Waals surface area contributed by atoms with E-state index in [1.807, 2.05) is 85.1 Å². The second-order valence-electron chi connectivity index (χ2n) is 12.4. The molecule has 9 heteroatoms. The van der Waals surface area contributed by atoms with E-state index in [0.29, 0.717) is 55.8 Å². The molecule has 0 bridgehead atoms. The van der Waals surface area contributed by atoms with Gasteiger partial charge in [0.1, 0.15) is 35.4 Å². The van der Waals surface area contributed by atoms with Gasteiger partial charge in [0, 0.05) is 54.7 Å². The Morgan fingerprint density at radius 2 is 1.37 bits per heavy atom. The summed E-state index contributed by atoms with van der Waals surface area (Å²) in [6.07, 6.45) is 1.83. The molecule has 0 fully saturated rings. The van der Waals surface area contributed by atoms with Crippen molar-refractivity contribution in [1.29, 1.82) is 0 Å². The summed E-state index contributed by atoms with van der Waals surface area (Å²) < 4.78 is 30.7. The molecule has 51 heavy (non-hydrogen) atoms. The summed E-state index contributed by atoms with van der Waals surface area (Å²) in [5.74, 6) is 3.64. The number of benzene rings is 4. The van der Waals surface area contributed by atoms with Gasteiger partial charge in [-0.25, -0.2) is 0 Å². The zero-order chi connectivity index (χ0) is 33.9. The number of hydrogen-bond donors (Lipinski definition) is 0. The van der Waals surface area contributed by atoms with Gasteiger partial charge in [0.15, 0.2) is 5.60 Å². The molecule has 6 aromatic rings. The number of nitrogens with zero attached hydrogens (tertiary/aromatic N) is 3. The van der Waals surface area contributed by atoms with Crippen LogP contribution in [0.15, 0.2) is 128 Å². The molecule has 0 N–H and O–H groups in total. The van der Waals surface area contributed by atoms with Gasteiger partial charge in [0.2, 0.25) is 0 Å². The molecule has 1 atom stereocenters. The standard InChI is InChI=1S/C42H37N3O5.Cu/c1-46-34-17-19-37-40(22-34)50-41-23-35(18-20-38(41)42(37)36-15-5-3-11-30(36)27-49-42)48-28-33-14-9-13-32(44-33)26-45(25-31-12-7-8-21-43-31)24-29-10-4-6-16-39(29)47-2;/h3-23H,24-28H2,1-2H3;/q;+2. The fraction of sp³-hybridized carbons (Fsp3) is 0.190. The molecule has 1 unspecified atom stereocenters. The molecular formula is C42H37CuN3O5+2. The largest absolute Gasteiger partial charge is 2.00 e. The van der Waals surface area contributed by atoms with Crippen LogP contribution in [0.25, 0.3) is 0 Å². The Kier molecular flexibility index (Phi) is 10.1. The van der Waals surface area contributed by atoms with Gasteiger partial charge in [-0.05, 0) is 65.7 Å². The summed E-state index contributed by atoms with van der Waals surface area (Å²) in [5, 5.41) is 0. The molecule has 259 valence electrons. The third kappa shape index (κ3) is 6.81. The minimum absolute atomic E-state index is 0. The van der Waals surface area contributed by atoms with E-state index in [0.717, 1.165) is 50.6 Å². The van der Waals surface area contributed by atoms with Gasteiger partial charge >= 0.3 is 17.1 Å². The smallest absolute Gasteiger partial charge is 0.497 e. The molecule has 1 radical (unpaired) electrons. The molecule has 4 heterocycles. The van der Waals surface area contributed by atoms with E-state index >= 15 is 0 Å². The molecule has 2 aliphatic heterocycles. The van der Waals surface area contributed by atoms with E-state index in [2.05, 4.69) is 52.3 Å². The number of hydrogen-bond acceptors (Lipinski definition) is 8. The van der Waals surface area contributed by atoms with Gasteiger partial charge in [0.05, 0.1) is 37.9 Å². The molecule has 2 aromatic heterocycles. The van der Waals surface area contributed by atoms with E-state index in [4.69, 9.17) is 28.7 Å². The van der Waals surface area contributed by atoms with Gasteiger partial charge in [-0.1, -0.05) is 54.6 Å². The molecule has 2 aliphatic rings. The van der Waals surface area contributed by atoms with Crippen molar-refractivity contribution in [2.24, 2.45) is 0 Å². The molecule has 0 amide bonds. The van der Waals surface area contributed by atoms with Crippen LogP contribution in [0.2, 0.25) is 0 Å². The second kappa shape index (κ2) is 15.0. The summed E-state index contributed by atoms with van der Waals surface area (Å²) in [6.45, 7) is 2.79. The Morgan fingerprint density at radius 1 is 0.667 bits per heavy atom. The first kappa shape index (κ1) is 34.3. The molecule has 4 aromatic carbocycles. The maximum Gasteiger partial charge on any atom is 2.00 e. The van der Waals surface area contributed by atoms with Gasteiger partial charge in [0.25, 0.3) is 0 Å². The van der Waals surface area contributed by atoms with Crippen molar-refractivity contribution in [1.82, 2.24) is 14.9 Å². The SMILES string of the molecule is COc1ccc2c(c1)Oc1cc(OCc3cccc(CN(Cc4ccccn4)Cc4ccccc4OC)n3)ccc1C21OCc2ccccc21.[Cu+2]. The zero-order valence-electron chi connectivity index (χ0n) is 28.3. The van der Waals surface area contributed by atoms with Gasteiger partial charge in [-0.2, -0.15) is 0 Å². The van der Waals surface area contributed by atoms with Crippen molar-refractivity contribution in [2.75, 3.05) is 14.2 Å². The summed E-state index contributed by atoms with van der Waals surface area (Å²) in [6, 6.07) is 40.4. The number of pyridine rings is 2. The van der Waals surface area contributed by atoms with Gasteiger partial charge in [-0.3, -0.25) is 14.9 Å². The van der Waals surface area contributed by atoms with Crippen LogP contribution in [-0.2, 0) is 60.3 Å². The summed E-state index contributed by atoms with van der Waals surface area (Å²) in [4.78, 5) is 11.9. The molecule has 8 nitrogen and oxygen atoms in total. The van der Waals surface area contributed by atoms with E-state index in [1.54, 1.807) is 14.2 Å². The number of aromatic nitrogens is 2. The fourth-order valence-electron chi connectivity index (χ4n) is 6.98. The third-order valence-electron chi connectivity index (χ3n) is 9.30. The number of ether oxygens (including phenoxy) is 5. The van der Waals surface area contributed by atoms with Crippen molar-refractivity contribution >= 4 is 0 Å². The van der Waals surface area contributed by atoms with Crippen molar-refractivity contribution in [3.8, 4) is 28.7 Å². The third-order valence-corrected chi connectivity index (χ3v) is 9.30. The van der Waals surface area contributed by atoms with Crippen LogP contribution < -0.4 is 18.9 Å². The van der Waals surface area contributed by atoms with Crippen molar-refractivity contribution in [3.05, 3.63) is 172 Å². The van der Waals surface area contributed by atoms with E-state index in [-0.39, 0.29) is 17.1 Å². The monoisotopic (exact) mass is 726 g/mol. The van der Waals surface area contributed by atoms with Crippen molar-refractivity contribution < 1.29 is 40.8 Å². The first-order valence-electron chi connectivity index (χ1n) is 16.7. The van der Waals surface area contributed by atoms with Crippen molar-refractivity contribution in [2.45, 2.75) is 38.4 Å². The average Bonchev–Trinajstić information content (AvgIpc) is 3.54. The van der Waals surface area contributed by atoms with Crippen LogP contribution in [0, 0.1) is 0 Å². The van der Waals surface area contributed by atoms with Crippen LogP contribution in [0.3, 0.4) is 0 Å². The fourth-order valence-corrected chi connectivity index (χ4v) is 6.98. The number of fused-ring (bicyclic) bond motifs is 6. The van der Waals surface area contributed by atoms with Crippen LogP contribution in [0.5, 0.6) is 28.7 Å². The van der Waals surface area contributed by atoms with Crippen LogP contribution in [0.4, 0.5) is 0 Å². The topological polar surface area (TPSA) is 75.2 Å². The van der Waals surface area contributed by atoms with E-state index in [1.165, 1.54) is 0 Å². The first-order valence-corrected chi connectivity index (χ1v) is 16.7. The van der Waals surface area contributed by atoms with Crippen LogP contribution >= 0.6 is 0 Å². The van der Waals surface area contributed by atoms with E-state index < -0.39 is 5.60 Å². The van der Waals surface area contributed by atoms with E-state index in [9.17, 15) is 0 Å². The van der Waals surface area contributed by atoms with Crippen LogP contribution in [0.1, 0.15) is 44.9 Å². The molecular weight excluding hydrogens is 690 g/mol. The predicted molar refractivity (Wildman–Crippen MR) is 189 cm³/mol. The molecule has 0 aliphatic carbocycles. The predicted octanol–water partition coefficient (Wildman–Crippen LogP) is 8.20. The Labute approximate surface area is 308 Å². The number of para-hydroxylation sites is 1. The van der Waals surface area contributed by atoms with Gasteiger partial charge in [-0.15, -0.1) is 0 Å². The molecule has 0 saturated carbocycles. The molecule has 8 rings (SSSR count). The zero-order valence-corrected chi connectivity index (χ0v) is 29.3. The molecule has 0 saturated heterocycles. The Hall–Kier alpha value is -5.18. The minimum Gasteiger partial charge on any atom is -0.497 e. The maximum atomic E-state index is 6.69. The minimum atomic E-state index is -0.787. The molecule has 1 spiro atoms. The Bertz CT molecular complexity index is 2150. The van der Waals surface area contributed by atoms with Crippen molar-refractivity contribution in [3.63, 3.8) is 0 Å². The summed E-state index contributed by atoms with van der Waals surface area (Å²) in [5.41, 5.74) is 7.25. The number of methoxy groups -OCH3 is 2. The quantitative estimate of drug-likeness (QED) is 0.124. The first-order chi connectivity index (χ1) is 24.6. The second-order valence-corrected chi connectivity index (χ2v) is 12.4. The maximum absolute atomic E-state index is 6.69.